The van der Waals surface area contributed by atoms with Gasteiger partial charge in [0.1, 0.15) is 6.79 Å². The van der Waals surface area contributed by atoms with Crippen LogP contribution in [0.1, 0.15) is 6.92 Å². The van der Waals surface area contributed by atoms with Crippen LogP contribution in [-0.2, 0) is 14.2 Å². The van der Waals surface area contributed by atoms with Crippen molar-refractivity contribution in [3.8, 4) is 0 Å². The molecule has 4 heteroatoms. The Balaban J connectivity index is 2.89. The predicted octanol–water partition coefficient (Wildman–Crippen LogP) is 0.00430. The van der Waals surface area contributed by atoms with E-state index in [4.69, 9.17) is 19.3 Å². The molecular formula is C7H16O4. The highest BCUT2D eigenvalue weighted by Crippen LogP contribution is 1.88. The number of aliphatic hydroxyl groups is 1. The van der Waals surface area contributed by atoms with Gasteiger partial charge >= 0.3 is 0 Å². The van der Waals surface area contributed by atoms with E-state index in [1.807, 2.05) is 0 Å². The zero-order chi connectivity index (χ0) is 8.53. The standard InChI is InChI=1S/C7H16O4/c1-7(5-8)11-6-10-4-3-9-2/h7-8H,3-6H2,1-2H3/t7-/m1/s1. The number of hydrogen-bond donors (Lipinski definition) is 1. The van der Waals surface area contributed by atoms with E-state index >= 15 is 0 Å². The van der Waals surface area contributed by atoms with Crippen LogP contribution in [0.5, 0.6) is 0 Å². The third kappa shape index (κ3) is 7.74. The normalized spacial score (nSPS) is 13.4. The molecule has 4 nitrogen and oxygen atoms in total. The Morgan fingerprint density at radius 1 is 1.36 bits per heavy atom. The smallest absolute Gasteiger partial charge is 0.147 e. The van der Waals surface area contributed by atoms with Crippen LogP contribution in [0.2, 0.25) is 0 Å². The summed E-state index contributed by atoms with van der Waals surface area (Å²) >= 11 is 0. The molecule has 0 aromatic carbocycles. The Kier molecular flexibility index (Phi) is 7.83. The zero-order valence-electron chi connectivity index (χ0n) is 7.08. The summed E-state index contributed by atoms with van der Waals surface area (Å²) in [5, 5.41) is 8.53. The number of rotatable bonds is 7. The van der Waals surface area contributed by atoms with E-state index < -0.39 is 0 Å². The molecule has 0 aromatic heterocycles. The molecule has 0 unspecified atom stereocenters. The van der Waals surface area contributed by atoms with Gasteiger partial charge in [-0.25, -0.2) is 0 Å². The maximum absolute atomic E-state index is 8.53. The quantitative estimate of drug-likeness (QED) is 0.425. The highest BCUT2D eigenvalue weighted by atomic mass is 16.7. The van der Waals surface area contributed by atoms with Crippen LogP contribution < -0.4 is 0 Å². The van der Waals surface area contributed by atoms with Crippen molar-refractivity contribution in [2.75, 3.05) is 33.7 Å². The van der Waals surface area contributed by atoms with Crippen LogP contribution in [0.4, 0.5) is 0 Å². The molecule has 11 heavy (non-hydrogen) atoms. The van der Waals surface area contributed by atoms with E-state index in [1.165, 1.54) is 0 Å². The maximum atomic E-state index is 8.53. The molecule has 0 saturated heterocycles. The van der Waals surface area contributed by atoms with Gasteiger partial charge in [0, 0.05) is 7.11 Å². The van der Waals surface area contributed by atoms with Crippen molar-refractivity contribution in [3.63, 3.8) is 0 Å². The van der Waals surface area contributed by atoms with Crippen LogP contribution in [0.25, 0.3) is 0 Å². The van der Waals surface area contributed by atoms with Gasteiger partial charge in [-0.05, 0) is 6.92 Å². The van der Waals surface area contributed by atoms with Crippen LogP contribution in [0.15, 0.2) is 0 Å². The van der Waals surface area contributed by atoms with Crippen molar-refractivity contribution in [1.82, 2.24) is 0 Å². The molecule has 0 spiro atoms. The van der Waals surface area contributed by atoms with Crippen LogP contribution >= 0.6 is 0 Å². The lowest BCUT2D eigenvalue weighted by Crippen LogP contribution is -2.16. The predicted molar refractivity (Wildman–Crippen MR) is 40.3 cm³/mol. The van der Waals surface area contributed by atoms with Crippen LogP contribution in [0.3, 0.4) is 0 Å². The summed E-state index contributed by atoms with van der Waals surface area (Å²) in [6.45, 7) is 3.10. The largest absolute Gasteiger partial charge is 0.394 e. The molecular weight excluding hydrogens is 148 g/mol. The van der Waals surface area contributed by atoms with Crippen molar-refractivity contribution in [2.24, 2.45) is 0 Å². The molecule has 0 aliphatic rings. The minimum absolute atomic E-state index is 0.0215. The zero-order valence-corrected chi connectivity index (χ0v) is 7.08. The molecule has 0 aliphatic carbocycles. The van der Waals surface area contributed by atoms with Gasteiger partial charge in [0.05, 0.1) is 25.9 Å². The number of ether oxygens (including phenoxy) is 3. The van der Waals surface area contributed by atoms with Gasteiger partial charge in [-0.3, -0.25) is 0 Å². The summed E-state index contributed by atoms with van der Waals surface area (Å²) in [7, 11) is 1.61. The second-order valence-corrected chi connectivity index (χ2v) is 2.18. The SMILES string of the molecule is COCCOCO[C@H](C)CO. The van der Waals surface area contributed by atoms with E-state index in [0.29, 0.717) is 13.2 Å². The summed E-state index contributed by atoms with van der Waals surface area (Å²) in [6, 6.07) is 0. The van der Waals surface area contributed by atoms with Gasteiger partial charge in [0.25, 0.3) is 0 Å². The Morgan fingerprint density at radius 2 is 2.09 bits per heavy atom. The Hall–Kier alpha value is -0.160. The first-order chi connectivity index (χ1) is 5.31. The number of hydrogen-bond acceptors (Lipinski definition) is 4. The third-order valence-electron chi connectivity index (χ3n) is 1.12. The molecule has 1 N–H and O–H groups in total. The topological polar surface area (TPSA) is 47.9 Å². The lowest BCUT2D eigenvalue weighted by molar-refractivity contribution is -0.103. The fraction of sp³-hybridized carbons (Fsp3) is 1.00. The lowest BCUT2D eigenvalue weighted by atomic mass is 10.4. The Labute approximate surface area is 67.1 Å². The Bertz CT molecular complexity index is 76.8. The average Bonchev–Trinajstić information content (AvgIpc) is 2.04. The summed E-state index contributed by atoms with van der Waals surface area (Å²) in [6.07, 6.45) is -0.155. The van der Waals surface area contributed by atoms with E-state index in [9.17, 15) is 0 Å². The van der Waals surface area contributed by atoms with Crippen molar-refractivity contribution in [1.29, 1.82) is 0 Å². The molecule has 0 aliphatic heterocycles. The summed E-state index contributed by atoms with van der Waals surface area (Å²) in [4.78, 5) is 0. The van der Waals surface area contributed by atoms with Gasteiger partial charge in [0.15, 0.2) is 0 Å². The first-order valence-corrected chi connectivity index (χ1v) is 3.60. The molecule has 0 heterocycles. The van der Waals surface area contributed by atoms with E-state index in [-0.39, 0.29) is 19.5 Å². The Morgan fingerprint density at radius 3 is 2.64 bits per heavy atom. The fourth-order valence-corrected chi connectivity index (χ4v) is 0.418. The molecule has 0 aromatic rings. The van der Waals surface area contributed by atoms with Crippen molar-refractivity contribution in [2.45, 2.75) is 13.0 Å². The highest BCUT2D eigenvalue weighted by molar-refractivity contribution is 4.40. The van der Waals surface area contributed by atoms with Gasteiger partial charge in [0.2, 0.25) is 0 Å². The van der Waals surface area contributed by atoms with Gasteiger partial charge in [-0.2, -0.15) is 0 Å². The fourth-order valence-electron chi connectivity index (χ4n) is 0.418. The molecule has 1 atom stereocenters. The van der Waals surface area contributed by atoms with Gasteiger partial charge < -0.3 is 19.3 Å². The second kappa shape index (κ2) is 7.94. The molecule has 68 valence electrons. The highest BCUT2D eigenvalue weighted by Gasteiger charge is 1.97. The summed E-state index contributed by atoms with van der Waals surface area (Å²) < 4.78 is 14.7. The maximum Gasteiger partial charge on any atom is 0.147 e. The third-order valence-corrected chi connectivity index (χ3v) is 1.12. The van der Waals surface area contributed by atoms with Gasteiger partial charge in [-0.1, -0.05) is 0 Å². The molecule has 0 radical (unpaired) electrons. The van der Waals surface area contributed by atoms with E-state index in [1.54, 1.807) is 14.0 Å². The molecule has 0 saturated carbocycles. The molecule has 0 rings (SSSR count). The monoisotopic (exact) mass is 164 g/mol. The molecule has 0 bridgehead atoms. The number of aliphatic hydroxyl groups excluding tert-OH is 1. The average molecular weight is 164 g/mol. The van der Waals surface area contributed by atoms with Crippen LogP contribution in [-0.4, -0.2) is 44.9 Å². The molecule has 0 fully saturated rings. The van der Waals surface area contributed by atoms with Crippen molar-refractivity contribution in [3.05, 3.63) is 0 Å². The lowest BCUT2D eigenvalue weighted by Gasteiger charge is -2.09. The van der Waals surface area contributed by atoms with Crippen LogP contribution in [0, 0.1) is 0 Å². The first-order valence-electron chi connectivity index (χ1n) is 3.60. The minimum atomic E-state index is -0.155. The van der Waals surface area contributed by atoms with Crippen molar-refractivity contribution < 1.29 is 19.3 Å². The van der Waals surface area contributed by atoms with Gasteiger partial charge in [-0.15, -0.1) is 0 Å². The van der Waals surface area contributed by atoms with Crippen molar-refractivity contribution >= 4 is 0 Å². The van der Waals surface area contributed by atoms with E-state index in [2.05, 4.69) is 0 Å². The number of methoxy groups -OCH3 is 1. The molecule has 0 amide bonds. The second-order valence-electron chi connectivity index (χ2n) is 2.18. The van der Waals surface area contributed by atoms with E-state index in [0.717, 1.165) is 0 Å². The first kappa shape index (κ1) is 10.8. The summed E-state index contributed by atoms with van der Waals surface area (Å²) in [5.41, 5.74) is 0. The minimum Gasteiger partial charge on any atom is -0.394 e. The summed E-state index contributed by atoms with van der Waals surface area (Å²) in [5.74, 6) is 0.